The van der Waals surface area contributed by atoms with Gasteiger partial charge in [0.25, 0.3) is 10.0 Å². The Morgan fingerprint density at radius 2 is 1.73 bits per heavy atom. The van der Waals surface area contributed by atoms with Gasteiger partial charge in [-0.25, -0.2) is 8.42 Å². The Kier molecular flexibility index (Phi) is 4.90. The average molecular weight is 377 g/mol. The first-order chi connectivity index (χ1) is 12.3. The zero-order valence-corrected chi connectivity index (χ0v) is 15.9. The number of H-pyrrole nitrogens is 1. The molecule has 8 nitrogen and oxygen atoms in total. The summed E-state index contributed by atoms with van der Waals surface area (Å²) >= 11 is 0. The fraction of sp³-hybridized carbons (Fsp3) is 0.412. The topological polar surface area (TPSA) is 98.4 Å². The summed E-state index contributed by atoms with van der Waals surface area (Å²) in [5, 5.41) is 6.63. The number of piperazine rings is 1. The number of aromatic amines is 1. The van der Waals surface area contributed by atoms with E-state index in [0.717, 1.165) is 18.8 Å². The largest absolute Gasteiger partial charge is 0.368 e. The van der Waals surface area contributed by atoms with Crippen LogP contribution in [0.2, 0.25) is 0 Å². The van der Waals surface area contributed by atoms with Crippen LogP contribution in [0, 0.1) is 13.8 Å². The molecule has 0 aliphatic carbocycles. The molecule has 0 radical (unpaired) electrons. The van der Waals surface area contributed by atoms with E-state index in [4.69, 9.17) is 0 Å². The molecule has 2 aromatic rings. The molecule has 0 spiro atoms. The minimum Gasteiger partial charge on any atom is -0.368 e. The summed E-state index contributed by atoms with van der Waals surface area (Å²) in [4.78, 5) is 15.6. The maximum atomic E-state index is 12.6. The van der Waals surface area contributed by atoms with Crippen molar-refractivity contribution in [3.63, 3.8) is 0 Å². The van der Waals surface area contributed by atoms with Gasteiger partial charge in [-0.1, -0.05) is 0 Å². The van der Waals surface area contributed by atoms with E-state index in [0.29, 0.717) is 30.2 Å². The van der Waals surface area contributed by atoms with Crippen LogP contribution in [0.3, 0.4) is 0 Å². The molecule has 2 heterocycles. The van der Waals surface area contributed by atoms with Gasteiger partial charge in [-0.2, -0.15) is 5.10 Å². The molecule has 0 atom stereocenters. The molecular weight excluding hydrogens is 354 g/mol. The van der Waals surface area contributed by atoms with Gasteiger partial charge in [-0.3, -0.25) is 14.6 Å². The van der Waals surface area contributed by atoms with Crippen molar-refractivity contribution in [2.24, 2.45) is 0 Å². The molecule has 1 amide bonds. The Balaban J connectivity index is 1.70. The van der Waals surface area contributed by atoms with Crippen molar-refractivity contribution in [3.8, 4) is 0 Å². The lowest BCUT2D eigenvalue weighted by Gasteiger charge is -2.35. The summed E-state index contributed by atoms with van der Waals surface area (Å²) in [6.45, 7) is 7.84. The van der Waals surface area contributed by atoms with Gasteiger partial charge in [0.1, 0.15) is 4.90 Å². The third kappa shape index (κ3) is 3.67. The van der Waals surface area contributed by atoms with Crippen LogP contribution in [-0.2, 0) is 14.8 Å². The van der Waals surface area contributed by atoms with E-state index in [2.05, 4.69) is 19.8 Å². The number of nitrogens with one attached hydrogen (secondary N) is 2. The van der Waals surface area contributed by atoms with Crippen LogP contribution in [0.4, 0.5) is 11.4 Å². The molecule has 0 unspecified atom stereocenters. The summed E-state index contributed by atoms with van der Waals surface area (Å²) in [6.07, 6.45) is 0. The van der Waals surface area contributed by atoms with Crippen LogP contribution in [-0.4, -0.2) is 55.6 Å². The summed E-state index contributed by atoms with van der Waals surface area (Å²) in [7, 11) is -3.69. The van der Waals surface area contributed by atoms with Gasteiger partial charge in [0, 0.05) is 44.5 Å². The van der Waals surface area contributed by atoms with Gasteiger partial charge >= 0.3 is 0 Å². The van der Waals surface area contributed by atoms with E-state index in [1.807, 2.05) is 17.0 Å². The fourth-order valence-corrected chi connectivity index (χ4v) is 4.59. The minimum atomic E-state index is -3.69. The lowest BCUT2D eigenvalue weighted by molar-refractivity contribution is -0.129. The molecule has 1 saturated heterocycles. The van der Waals surface area contributed by atoms with E-state index in [9.17, 15) is 13.2 Å². The van der Waals surface area contributed by atoms with Gasteiger partial charge in [-0.15, -0.1) is 0 Å². The quantitative estimate of drug-likeness (QED) is 0.841. The SMILES string of the molecule is CC(=O)N1CCN(c2ccc(NS(=O)(=O)c3c(C)n[nH]c3C)cc2)CC1. The Morgan fingerprint density at radius 3 is 2.23 bits per heavy atom. The van der Waals surface area contributed by atoms with E-state index in [-0.39, 0.29) is 10.8 Å². The third-order valence-electron chi connectivity index (χ3n) is 4.54. The highest BCUT2D eigenvalue weighted by Crippen LogP contribution is 2.23. The van der Waals surface area contributed by atoms with Crippen LogP contribution in [0.15, 0.2) is 29.2 Å². The van der Waals surface area contributed by atoms with Gasteiger partial charge in [-0.05, 0) is 38.1 Å². The number of rotatable bonds is 4. The van der Waals surface area contributed by atoms with Crippen LogP contribution >= 0.6 is 0 Å². The van der Waals surface area contributed by atoms with Gasteiger partial charge in [0.15, 0.2) is 0 Å². The van der Waals surface area contributed by atoms with Crippen molar-refractivity contribution >= 4 is 27.3 Å². The number of anilines is 2. The van der Waals surface area contributed by atoms with Crippen molar-refractivity contribution in [3.05, 3.63) is 35.7 Å². The van der Waals surface area contributed by atoms with Crippen molar-refractivity contribution in [2.75, 3.05) is 35.8 Å². The lowest BCUT2D eigenvalue weighted by Crippen LogP contribution is -2.48. The number of aryl methyl sites for hydroxylation is 2. The van der Waals surface area contributed by atoms with Crippen molar-refractivity contribution < 1.29 is 13.2 Å². The first-order valence-corrected chi connectivity index (χ1v) is 9.91. The molecule has 3 rings (SSSR count). The number of carbonyl (C=O) groups excluding carboxylic acids is 1. The van der Waals surface area contributed by atoms with E-state index < -0.39 is 10.0 Å². The molecule has 1 aromatic heterocycles. The molecule has 26 heavy (non-hydrogen) atoms. The molecule has 1 fully saturated rings. The summed E-state index contributed by atoms with van der Waals surface area (Å²) in [6, 6.07) is 7.26. The normalized spacial score (nSPS) is 15.2. The van der Waals surface area contributed by atoms with E-state index in [1.165, 1.54) is 0 Å². The van der Waals surface area contributed by atoms with E-state index in [1.54, 1.807) is 32.9 Å². The predicted octanol–water partition coefficient (Wildman–Crippen LogP) is 1.50. The second-order valence-corrected chi connectivity index (χ2v) is 8.03. The van der Waals surface area contributed by atoms with Gasteiger partial charge < -0.3 is 9.80 Å². The third-order valence-corrected chi connectivity index (χ3v) is 6.18. The average Bonchev–Trinajstić information content (AvgIpc) is 2.95. The number of sulfonamides is 1. The van der Waals surface area contributed by atoms with Gasteiger partial charge in [0.2, 0.25) is 5.91 Å². The molecule has 140 valence electrons. The van der Waals surface area contributed by atoms with Crippen molar-refractivity contribution in [1.82, 2.24) is 15.1 Å². The first kappa shape index (κ1) is 18.2. The van der Waals surface area contributed by atoms with Crippen LogP contribution in [0.25, 0.3) is 0 Å². The standard InChI is InChI=1S/C17H23N5O3S/c1-12-17(13(2)19-18-12)26(24,25)20-15-4-6-16(7-5-15)22-10-8-21(9-11-22)14(3)23/h4-7,20H,8-11H2,1-3H3,(H,18,19). The number of carbonyl (C=O) groups is 1. The number of benzene rings is 1. The summed E-state index contributed by atoms with van der Waals surface area (Å²) in [5.41, 5.74) is 2.45. The number of hydrogen-bond donors (Lipinski definition) is 2. The zero-order chi connectivity index (χ0) is 18.9. The number of amides is 1. The summed E-state index contributed by atoms with van der Waals surface area (Å²) < 4.78 is 27.7. The van der Waals surface area contributed by atoms with Gasteiger partial charge in [0.05, 0.1) is 11.4 Å². The molecule has 2 N–H and O–H groups in total. The highest BCUT2D eigenvalue weighted by Gasteiger charge is 2.23. The second kappa shape index (κ2) is 6.99. The second-order valence-electron chi connectivity index (χ2n) is 6.41. The molecular formula is C17H23N5O3S. The van der Waals surface area contributed by atoms with Crippen molar-refractivity contribution in [1.29, 1.82) is 0 Å². The Bertz CT molecular complexity index is 877. The fourth-order valence-electron chi connectivity index (χ4n) is 3.16. The zero-order valence-electron chi connectivity index (χ0n) is 15.1. The van der Waals surface area contributed by atoms with Crippen LogP contribution in [0.1, 0.15) is 18.3 Å². The maximum absolute atomic E-state index is 12.6. The molecule has 9 heteroatoms. The lowest BCUT2D eigenvalue weighted by atomic mass is 10.2. The number of aromatic nitrogens is 2. The highest BCUT2D eigenvalue weighted by molar-refractivity contribution is 7.92. The minimum absolute atomic E-state index is 0.0965. The first-order valence-electron chi connectivity index (χ1n) is 8.43. The monoisotopic (exact) mass is 377 g/mol. The Hall–Kier alpha value is -2.55. The smallest absolute Gasteiger partial charge is 0.265 e. The predicted molar refractivity (Wildman–Crippen MR) is 99.8 cm³/mol. The van der Waals surface area contributed by atoms with E-state index >= 15 is 0 Å². The molecule has 1 aliphatic heterocycles. The van der Waals surface area contributed by atoms with Crippen LogP contribution < -0.4 is 9.62 Å². The molecule has 1 aliphatic rings. The summed E-state index contributed by atoms with van der Waals surface area (Å²) in [5.74, 6) is 0.0965. The maximum Gasteiger partial charge on any atom is 0.265 e. The molecule has 0 saturated carbocycles. The highest BCUT2D eigenvalue weighted by atomic mass is 32.2. The molecule has 0 bridgehead atoms. The number of nitrogens with zero attached hydrogens (tertiary/aromatic N) is 3. The van der Waals surface area contributed by atoms with Crippen LogP contribution in [0.5, 0.6) is 0 Å². The number of hydrogen-bond acceptors (Lipinski definition) is 5. The Morgan fingerprint density at radius 1 is 1.12 bits per heavy atom. The van der Waals surface area contributed by atoms with Crippen molar-refractivity contribution in [2.45, 2.75) is 25.7 Å². The molecule has 1 aromatic carbocycles. The Labute approximate surface area is 153 Å².